The van der Waals surface area contributed by atoms with Crippen molar-refractivity contribution in [1.29, 1.82) is 0 Å². The molecular weight excluding hydrogens is 263 g/mol. The molecule has 1 atom stereocenters. The van der Waals surface area contributed by atoms with E-state index in [4.69, 9.17) is 4.74 Å². The number of aldehydes is 1. The van der Waals surface area contributed by atoms with Gasteiger partial charge in [-0.3, -0.25) is 4.79 Å². The van der Waals surface area contributed by atoms with Gasteiger partial charge in [0, 0.05) is 11.1 Å². The lowest BCUT2D eigenvalue weighted by molar-refractivity contribution is 0.112. The maximum absolute atomic E-state index is 11.2. The Morgan fingerprint density at radius 3 is 2.42 bits per heavy atom. The van der Waals surface area contributed by atoms with Gasteiger partial charge in [0.25, 0.3) is 0 Å². The Bertz CT molecular complexity index is 593. The van der Waals surface area contributed by atoms with E-state index in [1.807, 2.05) is 0 Å². The van der Waals surface area contributed by atoms with Crippen LogP contribution in [0.15, 0.2) is 48.5 Å². The molecule has 1 N–H and O–H groups in total. The average molecular weight is 275 g/mol. The van der Waals surface area contributed by atoms with Crippen molar-refractivity contribution in [2.75, 3.05) is 0 Å². The number of hydrogen-bond donors (Lipinski definition) is 1. The lowest BCUT2D eigenvalue weighted by Gasteiger charge is -2.06. The van der Waals surface area contributed by atoms with Crippen molar-refractivity contribution >= 4 is 19.6 Å². The van der Waals surface area contributed by atoms with Crippen LogP contribution in [0.4, 0.5) is 0 Å². The van der Waals surface area contributed by atoms with E-state index in [2.05, 4.69) is 0 Å². The summed E-state index contributed by atoms with van der Waals surface area (Å²) in [5, 5.41) is 0.377. The number of carbonyl (C=O) groups is 1. The van der Waals surface area contributed by atoms with Gasteiger partial charge in [-0.2, -0.15) is 4.89 Å². The largest absolute Gasteiger partial charge is 0.546 e. The summed E-state index contributed by atoms with van der Waals surface area (Å²) in [6.45, 7) is 0.207. The molecule has 4 nitrogen and oxygen atoms in total. The summed E-state index contributed by atoms with van der Waals surface area (Å²) in [6, 6.07) is 13.5. The SMILES string of the molecule is O=Cc1ccc(OCc2ccccc2[P+](=O)O)cc1. The molecule has 0 saturated carbocycles. The molecule has 0 saturated heterocycles. The van der Waals surface area contributed by atoms with Gasteiger partial charge in [-0.15, -0.1) is 0 Å². The van der Waals surface area contributed by atoms with E-state index in [0.29, 0.717) is 22.2 Å². The van der Waals surface area contributed by atoms with Crippen LogP contribution in [0.1, 0.15) is 15.9 Å². The number of rotatable bonds is 5. The topological polar surface area (TPSA) is 63.6 Å². The van der Waals surface area contributed by atoms with Gasteiger partial charge in [0.1, 0.15) is 18.6 Å². The van der Waals surface area contributed by atoms with Gasteiger partial charge in [-0.25, -0.2) is 0 Å². The van der Waals surface area contributed by atoms with Crippen molar-refractivity contribution < 1.29 is 19.0 Å². The minimum atomic E-state index is -2.38. The third-order valence-corrected chi connectivity index (χ3v) is 3.46. The van der Waals surface area contributed by atoms with Gasteiger partial charge in [0.15, 0.2) is 0 Å². The summed E-state index contributed by atoms with van der Waals surface area (Å²) in [7, 11) is -2.38. The summed E-state index contributed by atoms with van der Waals surface area (Å²) in [5.41, 5.74) is 1.25. The standard InChI is InChI=1S/C14H11O4P/c15-9-11-5-7-13(8-6-11)18-10-12-3-1-2-4-14(12)19(16)17/h1-9H,10H2/p+1. The first-order valence-electron chi connectivity index (χ1n) is 5.63. The van der Waals surface area contributed by atoms with E-state index in [-0.39, 0.29) is 6.61 Å². The molecular formula is C14H12O4P+. The lowest BCUT2D eigenvalue weighted by atomic mass is 10.2. The molecule has 19 heavy (non-hydrogen) atoms. The van der Waals surface area contributed by atoms with Crippen LogP contribution in [0.3, 0.4) is 0 Å². The normalized spacial score (nSPS) is 10.9. The second kappa shape index (κ2) is 6.23. The van der Waals surface area contributed by atoms with Crippen LogP contribution in [-0.2, 0) is 11.2 Å². The molecule has 96 valence electrons. The van der Waals surface area contributed by atoms with Crippen LogP contribution < -0.4 is 10.0 Å². The Hall–Kier alpha value is -2.03. The van der Waals surface area contributed by atoms with Crippen LogP contribution in [0, 0.1) is 0 Å². The number of hydrogen-bond acceptors (Lipinski definition) is 3. The molecule has 0 aromatic heterocycles. The third kappa shape index (κ3) is 3.47. The molecule has 0 radical (unpaired) electrons. The molecule has 0 amide bonds. The van der Waals surface area contributed by atoms with E-state index in [0.717, 1.165) is 6.29 Å². The molecule has 2 aromatic carbocycles. The predicted molar refractivity (Wildman–Crippen MR) is 72.1 cm³/mol. The summed E-state index contributed by atoms with van der Waals surface area (Å²) in [6.07, 6.45) is 0.759. The molecule has 0 aliphatic carbocycles. The van der Waals surface area contributed by atoms with Crippen LogP contribution in [0.2, 0.25) is 0 Å². The Labute approximate surface area is 111 Å². The Morgan fingerprint density at radius 1 is 1.11 bits per heavy atom. The van der Waals surface area contributed by atoms with E-state index < -0.39 is 8.03 Å². The van der Waals surface area contributed by atoms with Crippen molar-refractivity contribution in [3.63, 3.8) is 0 Å². The summed E-state index contributed by atoms with van der Waals surface area (Å²) >= 11 is 0. The zero-order valence-electron chi connectivity index (χ0n) is 10.0. The highest BCUT2D eigenvalue weighted by Gasteiger charge is 2.20. The monoisotopic (exact) mass is 275 g/mol. The predicted octanol–water partition coefficient (Wildman–Crippen LogP) is 2.44. The van der Waals surface area contributed by atoms with E-state index >= 15 is 0 Å². The first-order chi connectivity index (χ1) is 9.20. The second-order valence-corrected chi connectivity index (χ2v) is 4.90. The Balaban J connectivity index is 2.09. The molecule has 1 unspecified atom stereocenters. The molecule has 5 heteroatoms. The fraction of sp³-hybridized carbons (Fsp3) is 0.0714. The summed E-state index contributed by atoms with van der Waals surface area (Å²) < 4.78 is 16.7. The fourth-order valence-electron chi connectivity index (χ4n) is 1.62. The molecule has 2 rings (SSSR count). The van der Waals surface area contributed by atoms with Gasteiger partial charge in [0.2, 0.25) is 5.30 Å². The highest BCUT2D eigenvalue weighted by molar-refractivity contribution is 7.47. The average Bonchev–Trinajstić information content (AvgIpc) is 2.46. The van der Waals surface area contributed by atoms with Crippen molar-refractivity contribution in [3.05, 3.63) is 59.7 Å². The minimum absolute atomic E-state index is 0.207. The highest BCUT2D eigenvalue weighted by Crippen LogP contribution is 2.18. The zero-order chi connectivity index (χ0) is 13.7. The third-order valence-electron chi connectivity index (χ3n) is 2.61. The maximum Gasteiger partial charge on any atom is 0.546 e. The van der Waals surface area contributed by atoms with E-state index in [9.17, 15) is 14.3 Å². The molecule has 0 fully saturated rings. The van der Waals surface area contributed by atoms with Gasteiger partial charge in [0.05, 0.1) is 0 Å². The van der Waals surface area contributed by atoms with Crippen LogP contribution in [0.5, 0.6) is 5.75 Å². The van der Waals surface area contributed by atoms with Crippen LogP contribution in [0.25, 0.3) is 0 Å². The van der Waals surface area contributed by atoms with Gasteiger partial charge in [-0.05, 0) is 34.9 Å². The highest BCUT2D eigenvalue weighted by atomic mass is 31.1. The first-order valence-corrected chi connectivity index (χ1v) is 6.84. The van der Waals surface area contributed by atoms with Gasteiger partial charge in [-0.1, -0.05) is 18.2 Å². The Kier molecular flexibility index (Phi) is 4.39. The smallest absolute Gasteiger partial charge is 0.489 e. The summed E-state index contributed by atoms with van der Waals surface area (Å²) in [4.78, 5) is 19.7. The number of carbonyl (C=O) groups excluding carboxylic acids is 1. The molecule has 0 spiro atoms. The number of ether oxygens (including phenoxy) is 1. The van der Waals surface area contributed by atoms with E-state index in [1.165, 1.54) is 0 Å². The zero-order valence-corrected chi connectivity index (χ0v) is 10.9. The first kappa shape index (κ1) is 13.4. The quantitative estimate of drug-likeness (QED) is 0.672. The fourth-order valence-corrected chi connectivity index (χ4v) is 2.22. The van der Waals surface area contributed by atoms with Crippen molar-refractivity contribution in [2.45, 2.75) is 6.61 Å². The lowest BCUT2D eigenvalue weighted by Crippen LogP contribution is -2.08. The van der Waals surface area contributed by atoms with Crippen LogP contribution >= 0.6 is 8.03 Å². The van der Waals surface area contributed by atoms with Crippen molar-refractivity contribution in [2.24, 2.45) is 0 Å². The Morgan fingerprint density at radius 2 is 1.79 bits per heavy atom. The number of benzene rings is 2. The maximum atomic E-state index is 11.2. The van der Waals surface area contributed by atoms with Gasteiger partial charge >= 0.3 is 8.03 Å². The molecule has 0 aliphatic rings. The molecule has 0 heterocycles. The molecule has 0 aliphatic heterocycles. The minimum Gasteiger partial charge on any atom is -0.489 e. The van der Waals surface area contributed by atoms with Crippen molar-refractivity contribution in [3.8, 4) is 5.75 Å². The molecule has 0 bridgehead atoms. The summed E-state index contributed by atoms with van der Waals surface area (Å²) in [5.74, 6) is 0.605. The second-order valence-electron chi connectivity index (χ2n) is 3.88. The van der Waals surface area contributed by atoms with Gasteiger partial charge < -0.3 is 4.74 Å². The molecule has 2 aromatic rings. The van der Waals surface area contributed by atoms with E-state index in [1.54, 1.807) is 48.5 Å². The van der Waals surface area contributed by atoms with Crippen LogP contribution in [-0.4, -0.2) is 11.2 Å². The van der Waals surface area contributed by atoms with Crippen molar-refractivity contribution in [1.82, 2.24) is 0 Å².